The van der Waals surface area contributed by atoms with Gasteiger partial charge >= 0.3 is 0 Å². The fourth-order valence-electron chi connectivity index (χ4n) is 3.64. The van der Waals surface area contributed by atoms with Crippen molar-refractivity contribution in [2.24, 2.45) is 5.92 Å². The highest BCUT2D eigenvalue weighted by molar-refractivity contribution is 4.88. The summed E-state index contributed by atoms with van der Waals surface area (Å²) in [6.45, 7) is 9.25. The summed E-state index contributed by atoms with van der Waals surface area (Å²) in [7, 11) is 0. The van der Waals surface area contributed by atoms with E-state index in [-0.39, 0.29) is 5.60 Å². The van der Waals surface area contributed by atoms with Crippen LogP contribution in [0.1, 0.15) is 52.4 Å². The van der Waals surface area contributed by atoms with Crippen molar-refractivity contribution < 1.29 is 4.74 Å². The lowest BCUT2D eigenvalue weighted by Gasteiger charge is -2.44. The topological polar surface area (TPSA) is 24.5 Å². The average Bonchev–Trinajstić information content (AvgIpc) is 3.20. The van der Waals surface area contributed by atoms with Crippen molar-refractivity contribution in [3.63, 3.8) is 0 Å². The standard InChI is InChI=1S/C16H30N2O/c1-16(2)11-15(7-10-19-16)18-8-5-14(6-9-18)17-12-13-3-4-13/h13-15,17H,3-12H2,1-2H3. The fraction of sp³-hybridized carbons (Fsp3) is 1.00. The Balaban J connectivity index is 1.41. The molecular formula is C16H30N2O. The Kier molecular flexibility index (Phi) is 4.16. The Bertz CT molecular complexity index is 293. The number of hydrogen-bond donors (Lipinski definition) is 1. The van der Waals surface area contributed by atoms with Gasteiger partial charge in [-0.05, 0) is 77.9 Å². The highest BCUT2D eigenvalue weighted by atomic mass is 16.5. The van der Waals surface area contributed by atoms with Crippen LogP contribution in [0.5, 0.6) is 0 Å². The molecule has 19 heavy (non-hydrogen) atoms. The molecule has 3 fully saturated rings. The van der Waals surface area contributed by atoms with Gasteiger partial charge in [0.15, 0.2) is 0 Å². The Morgan fingerprint density at radius 2 is 1.84 bits per heavy atom. The summed E-state index contributed by atoms with van der Waals surface area (Å²) in [5.41, 5.74) is 0.0873. The van der Waals surface area contributed by atoms with E-state index in [1.807, 2.05) is 0 Å². The lowest BCUT2D eigenvalue weighted by Crippen LogP contribution is -2.51. The number of piperidine rings is 1. The van der Waals surface area contributed by atoms with Gasteiger partial charge in [-0.15, -0.1) is 0 Å². The molecule has 3 aliphatic rings. The van der Waals surface area contributed by atoms with Crippen LogP contribution in [0.15, 0.2) is 0 Å². The van der Waals surface area contributed by atoms with Crippen LogP contribution in [0, 0.1) is 5.92 Å². The molecule has 2 heterocycles. The monoisotopic (exact) mass is 266 g/mol. The lowest BCUT2D eigenvalue weighted by molar-refractivity contribution is -0.0860. The maximum Gasteiger partial charge on any atom is 0.0641 e. The van der Waals surface area contributed by atoms with Crippen LogP contribution in [-0.4, -0.2) is 48.8 Å². The van der Waals surface area contributed by atoms with Gasteiger partial charge in [0.05, 0.1) is 5.60 Å². The summed E-state index contributed by atoms with van der Waals surface area (Å²) in [6, 6.07) is 1.54. The molecule has 1 N–H and O–H groups in total. The van der Waals surface area contributed by atoms with Crippen molar-refractivity contribution in [2.45, 2.75) is 70.1 Å². The first-order valence-corrected chi connectivity index (χ1v) is 8.24. The minimum absolute atomic E-state index is 0.0873. The molecule has 2 aliphatic heterocycles. The van der Waals surface area contributed by atoms with Gasteiger partial charge in [-0.3, -0.25) is 0 Å². The lowest BCUT2D eigenvalue weighted by atomic mass is 9.91. The average molecular weight is 266 g/mol. The van der Waals surface area contributed by atoms with Crippen molar-refractivity contribution in [1.29, 1.82) is 0 Å². The van der Waals surface area contributed by atoms with Gasteiger partial charge in [-0.25, -0.2) is 0 Å². The van der Waals surface area contributed by atoms with Gasteiger partial charge in [0, 0.05) is 18.7 Å². The van der Waals surface area contributed by atoms with E-state index in [0.29, 0.717) is 0 Å². The van der Waals surface area contributed by atoms with E-state index in [0.717, 1.165) is 24.6 Å². The van der Waals surface area contributed by atoms with E-state index in [2.05, 4.69) is 24.1 Å². The van der Waals surface area contributed by atoms with Crippen LogP contribution < -0.4 is 5.32 Å². The summed E-state index contributed by atoms with van der Waals surface area (Å²) < 4.78 is 5.84. The van der Waals surface area contributed by atoms with Crippen LogP contribution in [0.3, 0.4) is 0 Å². The van der Waals surface area contributed by atoms with Crippen LogP contribution in [-0.2, 0) is 4.74 Å². The smallest absolute Gasteiger partial charge is 0.0641 e. The Morgan fingerprint density at radius 1 is 1.11 bits per heavy atom. The molecule has 0 amide bonds. The quantitative estimate of drug-likeness (QED) is 0.845. The van der Waals surface area contributed by atoms with Crippen molar-refractivity contribution in [1.82, 2.24) is 10.2 Å². The molecule has 3 rings (SSSR count). The molecule has 3 heteroatoms. The second-order valence-electron chi connectivity index (χ2n) is 7.42. The van der Waals surface area contributed by atoms with Crippen LogP contribution in [0.4, 0.5) is 0 Å². The molecule has 1 atom stereocenters. The molecule has 1 aliphatic carbocycles. The number of likely N-dealkylation sites (tertiary alicyclic amines) is 1. The highest BCUT2D eigenvalue weighted by Crippen LogP contribution is 2.30. The Morgan fingerprint density at radius 3 is 2.47 bits per heavy atom. The molecule has 110 valence electrons. The molecule has 1 saturated carbocycles. The zero-order valence-corrected chi connectivity index (χ0v) is 12.7. The molecule has 3 nitrogen and oxygen atoms in total. The van der Waals surface area contributed by atoms with Crippen LogP contribution in [0.2, 0.25) is 0 Å². The largest absolute Gasteiger partial charge is 0.375 e. The second-order valence-corrected chi connectivity index (χ2v) is 7.42. The van der Waals surface area contributed by atoms with Crippen molar-refractivity contribution in [3.8, 4) is 0 Å². The molecule has 0 aromatic carbocycles. The van der Waals surface area contributed by atoms with Gasteiger partial charge in [0.25, 0.3) is 0 Å². The van der Waals surface area contributed by atoms with Crippen molar-refractivity contribution in [2.75, 3.05) is 26.2 Å². The van der Waals surface area contributed by atoms with Crippen molar-refractivity contribution >= 4 is 0 Å². The SMILES string of the molecule is CC1(C)CC(N2CCC(NCC3CC3)CC2)CCO1. The van der Waals surface area contributed by atoms with E-state index < -0.39 is 0 Å². The summed E-state index contributed by atoms with van der Waals surface area (Å²) in [6.07, 6.45) is 8.03. The van der Waals surface area contributed by atoms with E-state index >= 15 is 0 Å². The first-order valence-electron chi connectivity index (χ1n) is 8.24. The molecule has 0 aromatic rings. The zero-order chi connectivity index (χ0) is 13.3. The molecule has 1 unspecified atom stereocenters. The molecular weight excluding hydrogens is 236 g/mol. The second kappa shape index (κ2) is 5.71. The molecule has 0 bridgehead atoms. The molecule has 2 saturated heterocycles. The molecule has 0 aromatic heterocycles. The Labute approximate surface area is 118 Å². The summed E-state index contributed by atoms with van der Waals surface area (Å²) in [4.78, 5) is 2.72. The first kappa shape index (κ1) is 13.8. The Hall–Kier alpha value is -0.120. The third-order valence-electron chi connectivity index (χ3n) is 5.11. The summed E-state index contributed by atoms with van der Waals surface area (Å²) in [5, 5.41) is 3.77. The predicted octanol–water partition coefficient (Wildman–Crippen LogP) is 2.41. The van der Waals surface area contributed by atoms with E-state index in [9.17, 15) is 0 Å². The third-order valence-corrected chi connectivity index (χ3v) is 5.11. The third kappa shape index (κ3) is 3.93. The number of nitrogens with one attached hydrogen (secondary N) is 1. The first-order chi connectivity index (χ1) is 9.12. The fourth-order valence-corrected chi connectivity index (χ4v) is 3.64. The van der Waals surface area contributed by atoms with E-state index in [1.165, 1.54) is 58.2 Å². The van der Waals surface area contributed by atoms with Gasteiger partial charge in [0.1, 0.15) is 0 Å². The number of rotatable bonds is 4. The van der Waals surface area contributed by atoms with Gasteiger partial charge in [-0.2, -0.15) is 0 Å². The minimum atomic E-state index is 0.0873. The number of hydrogen-bond acceptors (Lipinski definition) is 3. The zero-order valence-electron chi connectivity index (χ0n) is 12.7. The van der Waals surface area contributed by atoms with E-state index in [4.69, 9.17) is 4.74 Å². The van der Waals surface area contributed by atoms with Crippen molar-refractivity contribution in [3.05, 3.63) is 0 Å². The summed E-state index contributed by atoms with van der Waals surface area (Å²) in [5.74, 6) is 1.01. The van der Waals surface area contributed by atoms with Crippen LogP contribution in [0.25, 0.3) is 0 Å². The van der Waals surface area contributed by atoms with Gasteiger partial charge in [-0.1, -0.05) is 0 Å². The number of ether oxygens (including phenoxy) is 1. The van der Waals surface area contributed by atoms with Gasteiger partial charge < -0.3 is 15.0 Å². The predicted molar refractivity (Wildman–Crippen MR) is 78.4 cm³/mol. The minimum Gasteiger partial charge on any atom is -0.375 e. The van der Waals surface area contributed by atoms with E-state index in [1.54, 1.807) is 0 Å². The molecule has 0 spiro atoms. The summed E-state index contributed by atoms with van der Waals surface area (Å²) >= 11 is 0. The maximum atomic E-state index is 5.84. The maximum absolute atomic E-state index is 5.84. The highest BCUT2D eigenvalue weighted by Gasteiger charge is 2.34. The molecule has 0 radical (unpaired) electrons. The normalized spacial score (nSPS) is 33.5. The number of nitrogens with zero attached hydrogens (tertiary/aromatic N) is 1. The van der Waals surface area contributed by atoms with Crippen LogP contribution >= 0.6 is 0 Å². The van der Waals surface area contributed by atoms with Gasteiger partial charge in [0.2, 0.25) is 0 Å².